The molecule has 0 saturated heterocycles. The number of nitrogens with one attached hydrogen (secondary N) is 2. The van der Waals surface area contributed by atoms with Gasteiger partial charge in [0.05, 0.1) is 49.8 Å². The largest absolute Gasteiger partial charge is 0.511 e. The summed E-state index contributed by atoms with van der Waals surface area (Å²) in [5.41, 5.74) is 2.76. The van der Waals surface area contributed by atoms with Gasteiger partial charge in [-0.05, 0) is 102 Å². The van der Waals surface area contributed by atoms with E-state index in [2.05, 4.69) is 44.1 Å². The maximum atomic E-state index is 12.5. The maximum absolute atomic E-state index is 12.5. The number of aromatic hydroxyl groups is 3. The molecule has 3 aliphatic rings. The number of carbonyl (C=O) groups excluding carboxylic acids is 4. The van der Waals surface area contributed by atoms with Crippen molar-refractivity contribution in [3.8, 4) is 17.2 Å². The van der Waals surface area contributed by atoms with Crippen molar-refractivity contribution >= 4 is 171 Å². The molecular weight excluding hydrogens is 1110 g/mol. The predicted molar refractivity (Wildman–Crippen MR) is 324 cm³/mol. The molecular formula is C56H52N8O8S6. The quantitative estimate of drug-likeness (QED) is 0.0588. The molecule has 0 bridgehead atoms. The number of ketones is 2. The number of fused-ring (bicyclic) bond motifs is 9. The lowest BCUT2D eigenvalue weighted by molar-refractivity contribution is -0.127. The van der Waals surface area contributed by atoms with Crippen LogP contribution in [0.2, 0.25) is 0 Å². The van der Waals surface area contributed by atoms with E-state index < -0.39 is 6.04 Å². The lowest BCUT2D eigenvalue weighted by Gasteiger charge is -2.07. The van der Waals surface area contributed by atoms with Gasteiger partial charge in [-0.25, -0.2) is 15.0 Å². The van der Waals surface area contributed by atoms with Crippen LogP contribution in [0.3, 0.4) is 0 Å². The van der Waals surface area contributed by atoms with Crippen molar-refractivity contribution < 1.29 is 39.6 Å². The Labute approximate surface area is 472 Å². The van der Waals surface area contributed by atoms with Crippen molar-refractivity contribution in [2.24, 2.45) is 15.0 Å². The summed E-state index contributed by atoms with van der Waals surface area (Å²) >= 11 is 9.62. The highest BCUT2D eigenvalue weighted by Gasteiger charge is 2.29. The van der Waals surface area contributed by atoms with Crippen LogP contribution in [0.15, 0.2) is 118 Å². The third-order valence-corrected chi connectivity index (χ3v) is 19.4. The number of carbonyl (C=O) groups is 4. The van der Waals surface area contributed by atoms with Gasteiger partial charge in [0.1, 0.15) is 65.2 Å². The second-order valence-electron chi connectivity index (χ2n) is 18.1. The first-order valence-corrected chi connectivity index (χ1v) is 29.7. The van der Waals surface area contributed by atoms with E-state index in [9.17, 15) is 34.5 Å². The average Bonchev–Trinajstić information content (AvgIpc) is 4.33. The minimum absolute atomic E-state index is 0. The number of hydrogen-bond donors (Lipinski definition) is 6. The highest BCUT2D eigenvalue weighted by Crippen LogP contribution is 2.38. The summed E-state index contributed by atoms with van der Waals surface area (Å²) in [6.45, 7) is 6.78. The third-order valence-electron chi connectivity index (χ3n) is 12.4. The molecule has 78 heavy (non-hydrogen) atoms. The van der Waals surface area contributed by atoms with Crippen molar-refractivity contribution in [3.63, 3.8) is 0 Å². The maximum Gasteiger partial charge on any atom is 0.246 e. The van der Waals surface area contributed by atoms with E-state index in [1.807, 2.05) is 66.4 Å². The fourth-order valence-electron chi connectivity index (χ4n) is 8.38. The summed E-state index contributed by atoms with van der Waals surface area (Å²) in [5, 5.41) is 54.3. The molecule has 22 heteroatoms. The molecule has 16 nitrogen and oxygen atoms in total. The van der Waals surface area contributed by atoms with Gasteiger partial charge in [0.2, 0.25) is 11.8 Å². The molecule has 0 spiro atoms. The van der Waals surface area contributed by atoms with Gasteiger partial charge >= 0.3 is 0 Å². The summed E-state index contributed by atoms with van der Waals surface area (Å²) < 4.78 is 3.24. The number of rotatable bonds is 13. The van der Waals surface area contributed by atoms with E-state index in [0.29, 0.717) is 28.3 Å². The standard InChI is InChI=1S/C23H22N4O5S2.C16H12N2O2S2.C16H14N2OS2.CH4/c1-12(28)9-24-19(31)7-4-15(30)10-25-21(32)18-11-33-22(27-18)23-26-17-6-2-13-8-14(29)3-5-16(13)20(17)34-23;1-8(19)13-7-21-15(18-13)16-17-12-5-2-9-6-10(20)3-4-11(9)14(12)22-16;1-2-10-8-20-15(17-10)16-18-13-6-3-9-7-11(19)4-5-12(9)14(13)21-16;/h2-3,5-6,8,18,28-29H,1,4,7,9-11H2,(H,24,31)(H,25,32);2-6,13,20H,7H2,1H3;3-7,10,19H,2,8H2,1H3;1H4. The van der Waals surface area contributed by atoms with Crippen molar-refractivity contribution in [2.45, 2.75) is 58.7 Å². The van der Waals surface area contributed by atoms with Crippen molar-refractivity contribution in [3.05, 3.63) is 118 Å². The van der Waals surface area contributed by atoms with Gasteiger partial charge in [-0.3, -0.25) is 34.2 Å². The fourth-order valence-corrected chi connectivity index (χ4v) is 15.2. The Balaban J connectivity index is 0.000000147. The Morgan fingerprint density at radius 1 is 0.577 bits per heavy atom. The summed E-state index contributed by atoms with van der Waals surface area (Å²) in [6, 6.07) is 27.4. The van der Waals surface area contributed by atoms with Crippen LogP contribution in [-0.4, -0.2) is 122 Å². The van der Waals surface area contributed by atoms with E-state index in [-0.39, 0.29) is 80.0 Å². The van der Waals surface area contributed by atoms with Crippen molar-refractivity contribution in [2.75, 3.05) is 30.3 Å². The van der Waals surface area contributed by atoms with E-state index >= 15 is 0 Å². The fraction of sp³-hybridized carbons (Fsp3) is 0.250. The number of phenols is 3. The minimum Gasteiger partial charge on any atom is -0.511 e. The molecule has 6 heterocycles. The molecule has 0 radical (unpaired) electrons. The zero-order valence-corrected chi connectivity index (χ0v) is 46.2. The second-order valence-corrected chi connectivity index (χ2v) is 24.1. The summed E-state index contributed by atoms with van der Waals surface area (Å²) in [4.78, 5) is 75.3. The van der Waals surface area contributed by atoms with Crippen LogP contribution in [0.25, 0.3) is 63.0 Å². The Hall–Kier alpha value is -6.95. The van der Waals surface area contributed by atoms with E-state index in [0.717, 1.165) is 95.6 Å². The number of thioether (sulfide) groups is 3. The summed E-state index contributed by atoms with van der Waals surface area (Å²) in [7, 11) is 0. The second kappa shape index (κ2) is 24.4. The predicted octanol–water partition coefficient (Wildman–Crippen LogP) is 11.3. The Morgan fingerprint density at radius 3 is 1.44 bits per heavy atom. The number of amides is 2. The van der Waals surface area contributed by atoms with Gasteiger partial charge in [0.25, 0.3) is 0 Å². The number of thiazole rings is 3. The van der Waals surface area contributed by atoms with E-state index in [1.165, 1.54) is 27.8 Å². The molecule has 400 valence electrons. The van der Waals surface area contributed by atoms with Crippen LogP contribution in [0.1, 0.15) is 55.6 Å². The zero-order chi connectivity index (χ0) is 53.9. The molecule has 3 aliphatic heterocycles. The molecule has 2 amide bonds. The van der Waals surface area contributed by atoms with E-state index in [4.69, 9.17) is 15.1 Å². The lowest BCUT2D eigenvalue weighted by atomic mass is 10.1. The molecule has 3 unspecified atom stereocenters. The first-order valence-electron chi connectivity index (χ1n) is 24.3. The highest BCUT2D eigenvalue weighted by atomic mass is 32.2. The number of aliphatic hydroxyl groups excluding tert-OH is 1. The number of aliphatic hydroxyl groups is 1. The molecule has 0 aliphatic carbocycles. The summed E-state index contributed by atoms with van der Waals surface area (Å²) in [6.07, 6.45) is 1.04. The van der Waals surface area contributed by atoms with Crippen LogP contribution in [-0.2, 0) is 19.2 Å². The molecule has 3 aromatic heterocycles. The number of Topliss-reactive ketones (excluding diaryl/α,β-unsaturated/α-hetero) is 2. The van der Waals surface area contributed by atoms with Gasteiger partial charge in [0.15, 0.2) is 11.6 Å². The van der Waals surface area contributed by atoms with Crippen LogP contribution in [0.5, 0.6) is 17.2 Å². The monoisotopic (exact) mass is 1160 g/mol. The van der Waals surface area contributed by atoms with Gasteiger partial charge in [-0.15, -0.1) is 69.3 Å². The van der Waals surface area contributed by atoms with Crippen LogP contribution in [0.4, 0.5) is 0 Å². The smallest absolute Gasteiger partial charge is 0.246 e. The Bertz CT molecular complexity index is 3940. The highest BCUT2D eigenvalue weighted by molar-refractivity contribution is 8.15. The van der Waals surface area contributed by atoms with Crippen LogP contribution < -0.4 is 10.6 Å². The summed E-state index contributed by atoms with van der Waals surface area (Å²) in [5.74, 6) is 1.92. The number of aromatic nitrogens is 3. The first kappa shape index (κ1) is 55.8. The average molecular weight is 1160 g/mol. The van der Waals surface area contributed by atoms with Gasteiger partial charge in [-0.2, -0.15) is 0 Å². The number of benzene rings is 6. The minimum atomic E-state index is -0.618. The van der Waals surface area contributed by atoms with Crippen molar-refractivity contribution in [1.82, 2.24) is 25.6 Å². The third kappa shape index (κ3) is 12.6. The van der Waals surface area contributed by atoms with Gasteiger partial charge < -0.3 is 31.1 Å². The number of aliphatic imine (C=N–C) groups is 3. The molecule has 12 rings (SSSR count). The molecule has 6 aromatic carbocycles. The molecule has 9 aromatic rings. The number of phenolic OH excluding ortho intramolecular Hbond substituents is 3. The molecule has 0 fully saturated rings. The lowest BCUT2D eigenvalue weighted by Crippen LogP contribution is -2.37. The first-order chi connectivity index (χ1) is 37.2. The molecule has 6 N–H and O–H groups in total. The van der Waals surface area contributed by atoms with Gasteiger partial charge in [0, 0.05) is 46.3 Å². The number of hydrogen-bond acceptors (Lipinski definition) is 20. The Kier molecular flexibility index (Phi) is 17.4. The van der Waals surface area contributed by atoms with Crippen molar-refractivity contribution in [1.29, 1.82) is 0 Å². The van der Waals surface area contributed by atoms with Gasteiger partial charge in [-0.1, -0.05) is 39.1 Å². The SMILES string of the molecule is C.C=C(O)CNC(=O)CCC(=O)CNC(=O)C1CSC(c2nc3ccc4cc(O)ccc4c3s2)=N1.CC(=O)C1CSC(c2nc3ccc4cc(O)ccc4c3s2)=N1.CCC1CSC(c2nc3ccc4cc(O)ccc4c3s2)=N1. The molecule has 3 atom stereocenters. The zero-order valence-electron chi connectivity index (χ0n) is 41.3. The van der Waals surface area contributed by atoms with Crippen LogP contribution >= 0.6 is 69.3 Å². The van der Waals surface area contributed by atoms with E-state index in [1.54, 1.807) is 77.8 Å². The van der Waals surface area contributed by atoms with Crippen LogP contribution in [0, 0.1) is 0 Å². The Morgan fingerprint density at radius 2 is 1.01 bits per heavy atom. The normalized spacial score (nSPS) is 16.7. The molecule has 0 saturated carbocycles. The number of nitrogens with zero attached hydrogens (tertiary/aromatic N) is 6. The topological polar surface area (TPSA) is 249 Å².